The first-order chi connectivity index (χ1) is 13.1. The fourth-order valence-electron chi connectivity index (χ4n) is 2.84. The highest BCUT2D eigenvalue weighted by Gasteiger charge is 2.21. The van der Waals surface area contributed by atoms with Gasteiger partial charge in [-0.1, -0.05) is 12.1 Å². The number of benzene rings is 1. The number of nitrogens with two attached hydrogens (primary N) is 1. The molecule has 7 heteroatoms. The van der Waals surface area contributed by atoms with Gasteiger partial charge in [-0.3, -0.25) is 15.4 Å². The quantitative estimate of drug-likeness (QED) is 0.606. The summed E-state index contributed by atoms with van der Waals surface area (Å²) in [5.41, 5.74) is 8.19. The van der Waals surface area contributed by atoms with Crippen LogP contribution in [0.4, 0.5) is 10.1 Å². The Bertz CT molecular complexity index is 1000. The second kappa shape index (κ2) is 7.13. The molecule has 0 spiro atoms. The lowest BCUT2D eigenvalue weighted by Gasteiger charge is -2.28. The summed E-state index contributed by atoms with van der Waals surface area (Å²) in [7, 11) is 0. The van der Waals surface area contributed by atoms with Crippen molar-refractivity contribution in [2.45, 2.75) is 6.10 Å². The summed E-state index contributed by atoms with van der Waals surface area (Å²) in [6, 6.07) is 9.61. The van der Waals surface area contributed by atoms with Crippen molar-refractivity contribution in [2.24, 2.45) is 0 Å². The van der Waals surface area contributed by atoms with Gasteiger partial charge in [0.1, 0.15) is 17.7 Å². The van der Waals surface area contributed by atoms with Crippen molar-refractivity contribution >= 4 is 11.4 Å². The molecule has 3 aromatic rings. The number of halogens is 1. The minimum absolute atomic E-state index is 0.00352. The van der Waals surface area contributed by atoms with Gasteiger partial charge in [0.2, 0.25) is 0 Å². The zero-order valence-corrected chi connectivity index (χ0v) is 14.4. The van der Waals surface area contributed by atoms with E-state index in [4.69, 9.17) is 15.9 Å². The molecule has 0 bridgehead atoms. The summed E-state index contributed by atoms with van der Waals surface area (Å²) in [6.07, 6.45) is 4.90. The average Bonchev–Trinajstić information content (AvgIpc) is 2.65. The van der Waals surface area contributed by atoms with E-state index >= 15 is 0 Å². The largest absolute Gasteiger partial charge is 0.487 e. The summed E-state index contributed by atoms with van der Waals surface area (Å²) in [5.74, 6) is 0.195. The third kappa shape index (κ3) is 3.37. The molecule has 2 aromatic heterocycles. The Hall–Kier alpha value is -3.32. The Morgan fingerprint density at radius 2 is 2.00 bits per heavy atom. The lowest BCUT2D eigenvalue weighted by Crippen LogP contribution is -2.50. The topological polar surface area (TPSA) is 96.9 Å². The molecule has 3 heterocycles. The van der Waals surface area contributed by atoms with Gasteiger partial charge in [0.05, 0.1) is 28.9 Å². The first-order valence-electron chi connectivity index (χ1n) is 8.54. The molecule has 6 nitrogen and oxygen atoms in total. The maximum Gasteiger partial charge on any atom is 0.132 e. The molecule has 1 aromatic carbocycles. The molecule has 0 unspecified atom stereocenters. The fraction of sp³-hybridized carbons (Fsp3) is 0.150. The molecule has 4 N–H and O–H groups in total. The Balaban J connectivity index is 1.73. The number of nitrogens with one attached hydrogen (secondary N) is 2. The molecule has 4 rings (SSSR count). The lowest BCUT2D eigenvalue weighted by atomic mass is 9.99. The van der Waals surface area contributed by atoms with E-state index in [0.29, 0.717) is 28.3 Å². The fourth-order valence-corrected chi connectivity index (χ4v) is 2.84. The molecule has 0 atom stereocenters. The molecular weight excluding hydrogens is 345 g/mol. The Kier molecular flexibility index (Phi) is 4.52. The number of anilines is 1. The highest BCUT2D eigenvalue weighted by Crippen LogP contribution is 2.31. The van der Waals surface area contributed by atoms with Gasteiger partial charge in [0.25, 0.3) is 0 Å². The van der Waals surface area contributed by atoms with Crippen LogP contribution in [0.5, 0.6) is 5.75 Å². The number of pyridine rings is 2. The summed E-state index contributed by atoms with van der Waals surface area (Å²) in [4.78, 5) is 8.53. The molecule has 1 fully saturated rings. The maximum atomic E-state index is 14.1. The second-order valence-electron chi connectivity index (χ2n) is 6.28. The zero-order valence-electron chi connectivity index (χ0n) is 14.4. The first kappa shape index (κ1) is 17.1. The first-order valence-corrected chi connectivity index (χ1v) is 8.54. The van der Waals surface area contributed by atoms with Gasteiger partial charge in [-0.05, 0) is 24.3 Å². The normalized spacial score (nSPS) is 13.8. The van der Waals surface area contributed by atoms with Crippen molar-refractivity contribution in [1.29, 1.82) is 5.41 Å². The molecule has 27 heavy (non-hydrogen) atoms. The average molecular weight is 363 g/mol. The van der Waals surface area contributed by atoms with Gasteiger partial charge in [-0.2, -0.15) is 0 Å². The Morgan fingerprint density at radius 3 is 2.74 bits per heavy atom. The molecule has 0 saturated carbocycles. The minimum atomic E-state index is -0.469. The highest BCUT2D eigenvalue weighted by atomic mass is 19.1. The third-order valence-corrected chi connectivity index (χ3v) is 4.44. The maximum absolute atomic E-state index is 14.1. The number of nitrogen functional groups attached to an aromatic ring is 1. The number of hydrogen-bond donors (Lipinski definition) is 3. The van der Waals surface area contributed by atoms with E-state index in [9.17, 15) is 4.39 Å². The van der Waals surface area contributed by atoms with E-state index in [1.54, 1.807) is 42.7 Å². The third-order valence-electron chi connectivity index (χ3n) is 4.44. The van der Waals surface area contributed by atoms with Crippen molar-refractivity contribution in [3.8, 4) is 17.0 Å². The lowest BCUT2D eigenvalue weighted by molar-refractivity contribution is 0.143. The highest BCUT2D eigenvalue weighted by molar-refractivity contribution is 6.14. The van der Waals surface area contributed by atoms with Crippen LogP contribution < -0.4 is 15.8 Å². The summed E-state index contributed by atoms with van der Waals surface area (Å²) < 4.78 is 20.1. The summed E-state index contributed by atoms with van der Waals surface area (Å²) in [5, 5.41) is 11.6. The standard InChI is InChI=1S/C20H18FN5O/c21-16-4-2-1-3-13(16)20(23)14-7-18(26-11-17(14)22)15-10-24-6-5-19(15)27-12-8-25-9-12/h1-7,10-12,23,25H,8-9,22H2. The molecule has 0 radical (unpaired) electrons. The summed E-state index contributed by atoms with van der Waals surface area (Å²) in [6.45, 7) is 1.58. The number of ether oxygens (including phenoxy) is 1. The van der Waals surface area contributed by atoms with Gasteiger partial charge in [0, 0.05) is 36.6 Å². The van der Waals surface area contributed by atoms with Crippen molar-refractivity contribution in [1.82, 2.24) is 15.3 Å². The Morgan fingerprint density at radius 1 is 1.19 bits per heavy atom. The predicted octanol–water partition coefficient (Wildman–Crippen LogP) is 2.63. The predicted molar refractivity (Wildman–Crippen MR) is 101 cm³/mol. The van der Waals surface area contributed by atoms with Crippen LogP contribution in [0, 0.1) is 11.2 Å². The number of nitrogens with zero attached hydrogens (tertiary/aromatic N) is 2. The van der Waals surface area contributed by atoms with Crippen LogP contribution in [0.1, 0.15) is 11.1 Å². The van der Waals surface area contributed by atoms with Crippen molar-refractivity contribution in [3.05, 3.63) is 71.9 Å². The Labute approximate surface area is 155 Å². The van der Waals surface area contributed by atoms with Crippen LogP contribution in [0.25, 0.3) is 11.3 Å². The van der Waals surface area contributed by atoms with Crippen LogP contribution >= 0.6 is 0 Å². The number of aromatic nitrogens is 2. The zero-order chi connectivity index (χ0) is 18.8. The van der Waals surface area contributed by atoms with Crippen LogP contribution in [0.2, 0.25) is 0 Å². The molecule has 0 aliphatic carbocycles. The van der Waals surface area contributed by atoms with Gasteiger partial charge >= 0.3 is 0 Å². The second-order valence-corrected chi connectivity index (χ2v) is 6.28. The van der Waals surface area contributed by atoms with Gasteiger partial charge in [-0.25, -0.2) is 4.39 Å². The van der Waals surface area contributed by atoms with Crippen LogP contribution in [-0.2, 0) is 0 Å². The SMILES string of the molecule is N=C(c1cc(-c2cnccc2OC2CNC2)ncc1N)c1ccccc1F. The van der Waals surface area contributed by atoms with Gasteiger partial charge < -0.3 is 15.8 Å². The molecule has 1 aliphatic heterocycles. The molecule has 1 saturated heterocycles. The monoisotopic (exact) mass is 363 g/mol. The van der Waals surface area contributed by atoms with Crippen LogP contribution in [0.3, 0.4) is 0 Å². The van der Waals surface area contributed by atoms with Crippen molar-refractivity contribution in [2.75, 3.05) is 18.8 Å². The van der Waals surface area contributed by atoms with Crippen LogP contribution in [-0.4, -0.2) is 34.9 Å². The molecule has 136 valence electrons. The van der Waals surface area contributed by atoms with Crippen molar-refractivity contribution in [3.63, 3.8) is 0 Å². The van der Waals surface area contributed by atoms with Gasteiger partial charge in [-0.15, -0.1) is 0 Å². The van der Waals surface area contributed by atoms with E-state index in [1.807, 2.05) is 0 Å². The smallest absolute Gasteiger partial charge is 0.132 e. The van der Waals surface area contributed by atoms with E-state index in [0.717, 1.165) is 13.1 Å². The number of rotatable bonds is 5. The number of hydrogen-bond acceptors (Lipinski definition) is 6. The van der Waals surface area contributed by atoms with Gasteiger partial charge in [0.15, 0.2) is 0 Å². The molecule has 1 aliphatic rings. The van der Waals surface area contributed by atoms with E-state index < -0.39 is 5.82 Å². The minimum Gasteiger partial charge on any atom is -0.487 e. The summed E-state index contributed by atoms with van der Waals surface area (Å²) >= 11 is 0. The van der Waals surface area contributed by atoms with E-state index in [2.05, 4.69) is 15.3 Å². The van der Waals surface area contributed by atoms with Crippen molar-refractivity contribution < 1.29 is 9.13 Å². The van der Waals surface area contributed by atoms with Crippen LogP contribution in [0.15, 0.2) is 55.0 Å². The van der Waals surface area contributed by atoms with E-state index in [-0.39, 0.29) is 17.4 Å². The molecule has 0 amide bonds. The molecular formula is C20H18FN5O. The van der Waals surface area contributed by atoms with E-state index in [1.165, 1.54) is 12.3 Å².